The Hall–Kier alpha value is -1.46. The van der Waals surface area contributed by atoms with Gasteiger partial charge in [0.05, 0.1) is 13.0 Å². The molecule has 0 aromatic carbocycles. The highest BCUT2D eigenvalue weighted by atomic mass is 19.4. The van der Waals surface area contributed by atoms with E-state index in [1.807, 2.05) is 6.92 Å². The molecular weight excluding hydrogens is 221 g/mol. The van der Waals surface area contributed by atoms with Crippen molar-refractivity contribution >= 4 is 5.82 Å². The monoisotopic (exact) mass is 234 g/mol. The zero-order valence-corrected chi connectivity index (χ0v) is 8.84. The molecule has 0 radical (unpaired) electrons. The largest absolute Gasteiger partial charge is 0.477 e. The Labute approximate surface area is 91.6 Å². The van der Waals surface area contributed by atoms with Gasteiger partial charge in [0.2, 0.25) is 5.88 Å². The average Bonchev–Trinajstić information content (AvgIpc) is 2.17. The molecule has 6 heteroatoms. The van der Waals surface area contributed by atoms with Gasteiger partial charge in [-0.2, -0.15) is 18.2 Å². The Balaban J connectivity index is 2.44. The minimum absolute atomic E-state index is 0.197. The lowest BCUT2D eigenvalue weighted by atomic mass is 10.4. The third kappa shape index (κ3) is 4.86. The topological polar surface area (TPSA) is 34.1 Å². The average molecular weight is 234 g/mol. The molecule has 0 atom stereocenters. The van der Waals surface area contributed by atoms with E-state index >= 15 is 0 Å². The zero-order valence-electron chi connectivity index (χ0n) is 8.84. The molecule has 1 N–H and O–H groups in total. The molecule has 0 fully saturated rings. The van der Waals surface area contributed by atoms with Crippen LogP contribution in [-0.2, 0) is 0 Å². The minimum atomic E-state index is -4.20. The number of nitrogens with zero attached hydrogens (tertiary/aromatic N) is 1. The molecule has 90 valence electrons. The summed E-state index contributed by atoms with van der Waals surface area (Å²) in [5.41, 5.74) is 0. The van der Waals surface area contributed by atoms with E-state index in [1.165, 1.54) is 6.07 Å². The van der Waals surface area contributed by atoms with Gasteiger partial charge in [0.25, 0.3) is 0 Å². The van der Waals surface area contributed by atoms with Gasteiger partial charge in [-0.1, -0.05) is 6.07 Å². The van der Waals surface area contributed by atoms with E-state index in [4.69, 9.17) is 4.74 Å². The summed E-state index contributed by atoms with van der Waals surface area (Å²) < 4.78 is 40.4. The number of aromatic nitrogens is 1. The lowest BCUT2D eigenvalue weighted by Gasteiger charge is -2.09. The van der Waals surface area contributed by atoms with Crippen LogP contribution >= 0.6 is 0 Å². The number of rotatable bonds is 5. The smallest absolute Gasteiger partial charge is 0.392 e. The molecule has 1 aromatic rings. The van der Waals surface area contributed by atoms with Crippen LogP contribution in [0.25, 0.3) is 0 Å². The van der Waals surface area contributed by atoms with E-state index < -0.39 is 19.2 Å². The van der Waals surface area contributed by atoms with E-state index in [1.54, 1.807) is 12.1 Å². The van der Waals surface area contributed by atoms with Gasteiger partial charge in [-0.3, -0.25) is 0 Å². The van der Waals surface area contributed by atoms with Crippen LogP contribution in [0, 0.1) is 0 Å². The van der Waals surface area contributed by atoms with Gasteiger partial charge < -0.3 is 10.1 Å². The van der Waals surface area contributed by atoms with Crippen LogP contribution in [0.15, 0.2) is 18.2 Å². The van der Waals surface area contributed by atoms with Crippen molar-refractivity contribution < 1.29 is 17.9 Å². The molecule has 0 saturated carbocycles. The van der Waals surface area contributed by atoms with Crippen molar-refractivity contribution in [2.75, 3.05) is 18.5 Å². The van der Waals surface area contributed by atoms with Gasteiger partial charge in [-0.25, -0.2) is 0 Å². The van der Waals surface area contributed by atoms with E-state index in [-0.39, 0.29) is 5.88 Å². The quantitative estimate of drug-likeness (QED) is 0.850. The fourth-order valence-corrected chi connectivity index (χ4v) is 1.05. The molecule has 1 rings (SSSR count). The fourth-order valence-electron chi connectivity index (χ4n) is 1.05. The second kappa shape index (κ2) is 5.58. The van der Waals surface area contributed by atoms with Crippen LogP contribution < -0.4 is 10.1 Å². The first-order valence-electron chi connectivity index (χ1n) is 4.92. The van der Waals surface area contributed by atoms with E-state index in [0.29, 0.717) is 12.4 Å². The molecule has 0 saturated heterocycles. The SMILES string of the molecule is CCNc1cccc(OCCC(F)(F)F)n1. The summed E-state index contributed by atoms with van der Waals surface area (Å²) in [4.78, 5) is 3.98. The number of pyridine rings is 1. The van der Waals surface area contributed by atoms with Crippen molar-refractivity contribution in [1.82, 2.24) is 4.98 Å². The molecule has 16 heavy (non-hydrogen) atoms. The molecule has 0 amide bonds. The van der Waals surface area contributed by atoms with Gasteiger partial charge in [0.15, 0.2) is 0 Å². The predicted octanol–water partition coefficient (Wildman–Crippen LogP) is 2.84. The van der Waals surface area contributed by atoms with Gasteiger partial charge in [0.1, 0.15) is 5.82 Å². The maximum atomic E-state index is 11.8. The summed E-state index contributed by atoms with van der Waals surface area (Å²) in [5, 5.41) is 2.94. The molecule has 0 spiro atoms. The predicted molar refractivity (Wildman–Crippen MR) is 54.6 cm³/mol. The summed E-state index contributed by atoms with van der Waals surface area (Å²) >= 11 is 0. The summed E-state index contributed by atoms with van der Waals surface area (Å²) in [7, 11) is 0. The fraction of sp³-hybridized carbons (Fsp3) is 0.500. The molecule has 0 bridgehead atoms. The lowest BCUT2D eigenvalue weighted by Crippen LogP contribution is -2.13. The van der Waals surface area contributed by atoms with Crippen LogP contribution in [-0.4, -0.2) is 24.3 Å². The normalized spacial score (nSPS) is 11.2. The first-order chi connectivity index (χ1) is 7.51. The van der Waals surface area contributed by atoms with Gasteiger partial charge in [-0.05, 0) is 13.0 Å². The number of alkyl halides is 3. The van der Waals surface area contributed by atoms with Crippen molar-refractivity contribution in [3.63, 3.8) is 0 Å². The van der Waals surface area contributed by atoms with Crippen molar-refractivity contribution in [2.45, 2.75) is 19.5 Å². The van der Waals surface area contributed by atoms with Crippen LogP contribution in [0.2, 0.25) is 0 Å². The lowest BCUT2D eigenvalue weighted by molar-refractivity contribution is -0.139. The molecule has 0 unspecified atom stereocenters. The number of hydrogen-bond acceptors (Lipinski definition) is 3. The highest BCUT2D eigenvalue weighted by Crippen LogP contribution is 2.20. The standard InChI is InChI=1S/C10H13F3N2O/c1-2-14-8-4-3-5-9(15-8)16-7-6-10(11,12)13/h3-5H,2,6-7H2,1H3,(H,14,15). The molecule has 1 aromatic heterocycles. The number of anilines is 1. The maximum Gasteiger partial charge on any atom is 0.392 e. The first kappa shape index (κ1) is 12.6. The Morgan fingerprint density at radius 1 is 1.38 bits per heavy atom. The summed E-state index contributed by atoms with van der Waals surface area (Å²) in [6, 6.07) is 4.92. The molecule has 0 aliphatic rings. The molecule has 3 nitrogen and oxygen atoms in total. The molecule has 0 aliphatic carbocycles. The second-order valence-electron chi connectivity index (χ2n) is 3.11. The van der Waals surface area contributed by atoms with Crippen LogP contribution in [0.1, 0.15) is 13.3 Å². The highest BCUT2D eigenvalue weighted by Gasteiger charge is 2.26. The molecular formula is C10H13F3N2O. The Bertz CT molecular complexity index is 328. The number of nitrogens with one attached hydrogen (secondary N) is 1. The van der Waals surface area contributed by atoms with Crippen LogP contribution in [0.5, 0.6) is 5.88 Å². The Kier molecular flexibility index (Phi) is 4.39. The van der Waals surface area contributed by atoms with Crippen LogP contribution in [0.3, 0.4) is 0 Å². The highest BCUT2D eigenvalue weighted by molar-refractivity contribution is 5.36. The summed E-state index contributed by atoms with van der Waals surface area (Å²) in [6.45, 7) is 2.18. The van der Waals surface area contributed by atoms with Gasteiger partial charge in [-0.15, -0.1) is 0 Å². The Morgan fingerprint density at radius 3 is 2.75 bits per heavy atom. The van der Waals surface area contributed by atoms with Gasteiger partial charge in [0, 0.05) is 12.6 Å². The number of hydrogen-bond donors (Lipinski definition) is 1. The van der Waals surface area contributed by atoms with E-state index in [2.05, 4.69) is 10.3 Å². The summed E-state index contributed by atoms with van der Waals surface area (Å²) in [5.74, 6) is 0.787. The van der Waals surface area contributed by atoms with Crippen molar-refractivity contribution in [1.29, 1.82) is 0 Å². The minimum Gasteiger partial charge on any atom is -0.477 e. The van der Waals surface area contributed by atoms with E-state index in [9.17, 15) is 13.2 Å². The van der Waals surface area contributed by atoms with E-state index in [0.717, 1.165) is 0 Å². The van der Waals surface area contributed by atoms with Crippen molar-refractivity contribution in [3.05, 3.63) is 18.2 Å². The molecule has 1 heterocycles. The summed E-state index contributed by atoms with van der Waals surface area (Å²) in [6.07, 6.45) is -5.17. The maximum absolute atomic E-state index is 11.8. The van der Waals surface area contributed by atoms with Crippen molar-refractivity contribution in [2.24, 2.45) is 0 Å². The Morgan fingerprint density at radius 2 is 2.12 bits per heavy atom. The third-order valence-corrected chi connectivity index (χ3v) is 1.72. The number of halogens is 3. The third-order valence-electron chi connectivity index (χ3n) is 1.72. The zero-order chi connectivity index (χ0) is 12.0. The van der Waals surface area contributed by atoms with Crippen LogP contribution in [0.4, 0.5) is 19.0 Å². The van der Waals surface area contributed by atoms with Gasteiger partial charge >= 0.3 is 6.18 Å². The first-order valence-corrected chi connectivity index (χ1v) is 4.92. The molecule has 0 aliphatic heterocycles. The van der Waals surface area contributed by atoms with Crippen molar-refractivity contribution in [3.8, 4) is 5.88 Å². The second-order valence-corrected chi connectivity index (χ2v) is 3.11. The number of ether oxygens (including phenoxy) is 1.